The van der Waals surface area contributed by atoms with Crippen LogP contribution in [-0.2, 0) is 4.79 Å². The van der Waals surface area contributed by atoms with Crippen molar-refractivity contribution in [3.8, 4) is 0 Å². The van der Waals surface area contributed by atoms with Gasteiger partial charge in [0.15, 0.2) is 0 Å². The van der Waals surface area contributed by atoms with Gasteiger partial charge in [-0.1, -0.05) is 6.92 Å². The third-order valence-corrected chi connectivity index (χ3v) is 5.95. The van der Waals surface area contributed by atoms with Gasteiger partial charge in [0.05, 0.1) is 24.2 Å². The zero-order chi connectivity index (χ0) is 14.6. The molecule has 4 bridgehead atoms. The smallest absolute Gasteiger partial charge is 0.226 e. The Morgan fingerprint density at radius 2 is 1.75 bits per heavy atom. The Hall–Kier alpha value is -0.610. The van der Waals surface area contributed by atoms with Crippen LogP contribution in [0.5, 0.6) is 0 Å². The molecule has 1 amide bonds. The van der Waals surface area contributed by atoms with Crippen LogP contribution in [-0.4, -0.2) is 34.9 Å². The van der Waals surface area contributed by atoms with Gasteiger partial charge in [-0.25, -0.2) is 0 Å². The van der Waals surface area contributed by atoms with Crippen molar-refractivity contribution in [3.05, 3.63) is 0 Å². The molecule has 2 atom stereocenters. The van der Waals surface area contributed by atoms with Gasteiger partial charge in [0, 0.05) is 0 Å². The van der Waals surface area contributed by atoms with Gasteiger partial charge in [-0.15, -0.1) is 0 Å². The van der Waals surface area contributed by atoms with Gasteiger partial charge in [-0.3, -0.25) is 4.79 Å². The van der Waals surface area contributed by atoms with Crippen molar-refractivity contribution in [2.24, 2.45) is 22.7 Å². The van der Waals surface area contributed by atoms with Crippen LogP contribution in [0.25, 0.3) is 0 Å². The van der Waals surface area contributed by atoms with Crippen molar-refractivity contribution in [2.45, 2.75) is 57.9 Å². The first-order valence-corrected chi connectivity index (χ1v) is 7.86. The number of hydrogen-bond acceptors (Lipinski definition) is 3. The summed E-state index contributed by atoms with van der Waals surface area (Å²) in [6, 6.07) is 0. The molecular formula is C16H27NO3. The van der Waals surface area contributed by atoms with E-state index in [9.17, 15) is 15.0 Å². The van der Waals surface area contributed by atoms with Crippen molar-refractivity contribution in [3.63, 3.8) is 0 Å². The molecule has 0 heterocycles. The van der Waals surface area contributed by atoms with Crippen LogP contribution in [0, 0.1) is 22.7 Å². The van der Waals surface area contributed by atoms with E-state index in [1.54, 1.807) is 6.92 Å². The molecule has 4 aliphatic rings. The normalized spacial score (nSPS) is 42.8. The molecule has 0 radical (unpaired) electrons. The topological polar surface area (TPSA) is 69.6 Å². The Morgan fingerprint density at radius 1 is 1.20 bits per heavy atom. The Bertz CT molecular complexity index is 402. The molecule has 4 saturated carbocycles. The lowest BCUT2D eigenvalue weighted by atomic mass is 9.44. The molecule has 4 fully saturated rings. The predicted octanol–water partition coefficient (Wildman–Crippen LogP) is 1.45. The zero-order valence-electron chi connectivity index (χ0n) is 12.6. The maximum absolute atomic E-state index is 12.8. The first kappa shape index (κ1) is 14.3. The Balaban J connectivity index is 1.81. The molecule has 0 spiro atoms. The molecule has 0 aliphatic heterocycles. The highest BCUT2D eigenvalue weighted by atomic mass is 16.3. The second-order valence-electron chi connectivity index (χ2n) is 8.38. The fraction of sp³-hybridized carbons (Fsp3) is 0.938. The van der Waals surface area contributed by atoms with Crippen LogP contribution in [0.1, 0.15) is 52.4 Å². The van der Waals surface area contributed by atoms with Crippen molar-refractivity contribution < 1.29 is 15.0 Å². The van der Waals surface area contributed by atoms with E-state index in [4.69, 9.17) is 0 Å². The number of rotatable bonds is 4. The van der Waals surface area contributed by atoms with Crippen LogP contribution in [0.15, 0.2) is 0 Å². The molecule has 4 heteroatoms. The number of carbonyl (C=O) groups excluding carboxylic acids is 1. The van der Waals surface area contributed by atoms with Crippen LogP contribution < -0.4 is 5.32 Å². The third kappa shape index (κ3) is 2.17. The summed E-state index contributed by atoms with van der Waals surface area (Å²) in [5.41, 5.74) is -0.817. The lowest BCUT2D eigenvalue weighted by Gasteiger charge is -2.60. The van der Waals surface area contributed by atoms with Crippen molar-refractivity contribution in [1.82, 2.24) is 5.32 Å². The van der Waals surface area contributed by atoms with Crippen LogP contribution in [0.4, 0.5) is 0 Å². The third-order valence-electron chi connectivity index (χ3n) is 5.95. The number of hydrogen-bond donors (Lipinski definition) is 3. The highest BCUT2D eigenvalue weighted by molar-refractivity contribution is 5.84. The zero-order valence-corrected chi connectivity index (χ0v) is 12.6. The molecule has 4 rings (SSSR count). The molecule has 20 heavy (non-hydrogen) atoms. The summed E-state index contributed by atoms with van der Waals surface area (Å²) in [6.07, 6.45) is 6.81. The van der Waals surface area contributed by atoms with Gasteiger partial charge < -0.3 is 15.5 Å². The van der Waals surface area contributed by atoms with E-state index < -0.39 is 5.54 Å². The summed E-state index contributed by atoms with van der Waals surface area (Å²) in [6.45, 7) is 3.59. The Morgan fingerprint density at radius 3 is 2.20 bits per heavy atom. The number of amides is 1. The molecule has 0 aromatic rings. The quantitative estimate of drug-likeness (QED) is 0.730. The minimum Gasteiger partial charge on any atom is -0.394 e. The summed E-state index contributed by atoms with van der Waals surface area (Å²) in [7, 11) is 0. The number of nitrogens with one attached hydrogen (secondary N) is 1. The maximum atomic E-state index is 12.8. The van der Waals surface area contributed by atoms with Crippen molar-refractivity contribution in [2.75, 3.05) is 13.2 Å². The largest absolute Gasteiger partial charge is 0.394 e. The highest BCUT2D eigenvalue weighted by Gasteiger charge is 2.59. The van der Waals surface area contributed by atoms with E-state index in [0.29, 0.717) is 17.3 Å². The number of aliphatic hydroxyl groups excluding tert-OH is 2. The molecule has 4 aliphatic carbocycles. The van der Waals surface area contributed by atoms with Crippen LogP contribution in [0.3, 0.4) is 0 Å². The fourth-order valence-electron chi connectivity index (χ4n) is 5.52. The van der Waals surface area contributed by atoms with E-state index in [1.807, 2.05) is 0 Å². The molecule has 2 unspecified atom stereocenters. The fourth-order valence-corrected chi connectivity index (χ4v) is 5.52. The maximum Gasteiger partial charge on any atom is 0.226 e. The van der Waals surface area contributed by atoms with E-state index >= 15 is 0 Å². The van der Waals surface area contributed by atoms with Gasteiger partial charge in [0.2, 0.25) is 5.91 Å². The average molecular weight is 281 g/mol. The summed E-state index contributed by atoms with van der Waals surface area (Å²) in [4.78, 5) is 12.8. The number of carbonyl (C=O) groups is 1. The second-order valence-corrected chi connectivity index (χ2v) is 8.38. The second kappa shape index (κ2) is 4.44. The summed E-state index contributed by atoms with van der Waals surface area (Å²) in [5, 5.41) is 21.7. The van der Waals surface area contributed by atoms with E-state index in [0.717, 1.165) is 19.3 Å². The summed E-state index contributed by atoms with van der Waals surface area (Å²) >= 11 is 0. The Labute approximate surface area is 120 Å². The molecule has 0 aromatic carbocycles. The molecule has 0 aromatic heterocycles. The van der Waals surface area contributed by atoms with Crippen molar-refractivity contribution >= 4 is 5.91 Å². The van der Waals surface area contributed by atoms with Gasteiger partial charge in [-0.2, -0.15) is 0 Å². The lowest BCUT2D eigenvalue weighted by Crippen LogP contribution is -2.61. The molecule has 4 nitrogen and oxygen atoms in total. The molecular weight excluding hydrogens is 254 g/mol. The monoisotopic (exact) mass is 281 g/mol. The number of aliphatic hydroxyl groups is 2. The molecule has 3 N–H and O–H groups in total. The summed E-state index contributed by atoms with van der Waals surface area (Å²) < 4.78 is 0. The molecule has 114 valence electrons. The predicted molar refractivity (Wildman–Crippen MR) is 75.9 cm³/mol. The van der Waals surface area contributed by atoms with Crippen LogP contribution >= 0.6 is 0 Å². The minimum atomic E-state index is -0.901. The highest BCUT2D eigenvalue weighted by Crippen LogP contribution is 2.65. The van der Waals surface area contributed by atoms with E-state index in [2.05, 4.69) is 12.2 Å². The lowest BCUT2D eigenvalue weighted by molar-refractivity contribution is -0.158. The van der Waals surface area contributed by atoms with Gasteiger partial charge in [0.25, 0.3) is 0 Å². The molecule has 0 saturated heterocycles. The first-order valence-electron chi connectivity index (χ1n) is 7.86. The minimum absolute atomic E-state index is 0.0587. The average Bonchev–Trinajstić information content (AvgIpc) is 2.35. The SMILES string of the molecule is CC12CC3CC(C1)CC(C(=O)NC(C)(CO)CO)(C3)C2. The van der Waals surface area contributed by atoms with E-state index in [-0.39, 0.29) is 24.5 Å². The standard InChI is InChI=1S/C16H27NO3/c1-14-4-11-3-12(5-14)7-16(6-11,8-14)13(20)17-15(2,9-18)10-19/h11-12,18-19H,3-10H2,1-2H3,(H,17,20). The van der Waals surface area contributed by atoms with Gasteiger partial charge >= 0.3 is 0 Å². The van der Waals surface area contributed by atoms with Crippen LogP contribution in [0.2, 0.25) is 0 Å². The Kier molecular flexibility index (Phi) is 3.18. The van der Waals surface area contributed by atoms with E-state index in [1.165, 1.54) is 19.3 Å². The first-order chi connectivity index (χ1) is 9.32. The van der Waals surface area contributed by atoms with Crippen molar-refractivity contribution in [1.29, 1.82) is 0 Å². The van der Waals surface area contributed by atoms with Gasteiger partial charge in [-0.05, 0) is 62.7 Å². The summed E-state index contributed by atoms with van der Waals surface area (Å²) in [5.74, 6) is 1.45. The van der Waals surface area contributed by atoms with Gasteiger partial charge in [0.1, 0.15) is 0 Å².